The third-order valence-electron chi connectivity index (χ3n) is 4.57. The predicted molar refractivity (Wildman–Crippen MR) is 86.2 cm³/mol. The zero-order valence-electron chi connectivity index (χ0n) is 14.0. The van der Waals surface area contributed by atoms with Gasteiger partial charge in [0, 0.05) is 31.6 Å². The third kappa shape index (κ3) is 3.91. The van der Waals surface area contributed by atoms with Crippen LogP contribution < -0.4 is 4.74 Å². The van der Waals surface area contributed by atoms with Gasteiger partial charge in [0.15, 0.2) is 0 Å². The van der Waals surface area contributed by atoms with Crippen LogP contribution in [-0.4, -0.2) is 79.3 Å². The number of nitrogens with zero attached hydrogens (tertiary/aromatic N) is 2. The number of carboxylic acids is 1. The van der Waals surface area contributed by atoms with Gasteiger partial charge in [0.2, 0.25) is 0 Å². The predicted octanol–water partition coefficient (Wildman–Crippen LogP) is 0.692. The maximum Gasteiger partial charge on any atom is 0.317 e. The number of carboxylic acid groups (broad SMARTS) is 1. The quantitative estimate of drug-likeness (QED) is 0.859. The number of fused-ring (bicyclic) bond motifs is 3. The number of carbonyl (C=O) groups excluding carboxylic acids is 1. The standard InChI is InChI=1S/C17H21FN2O5/c1-24-13-2-3-14(15(18)4-13)17(23)20-6-11-5-19(8-16(21)22)7-12(20)10-25-9-11/h2-4,11-12H,5-10H2,1H3,(H,21,22)/t11-,12-/m0/s1. The van der Waals surface area contributed by atoms with Crippen molar-refractivity contribution in [2.24, 2.45) is 5.92 Å². The molecule has 0 radical (unpaired) electrons. The van der Waals surface area contributed by atoms with Crippen molar-refractivity contribution >= 4 is 11.9 Å². The van der Waals surface area contributed by atoms with E-state index < -0.39 is 17.7 Å². The molecule has 7 nitrogen and oxygen atoms in total. The van der Waals surface area contributed by atoms with E-state index in [-0.39, 0.29) is 24.1 Å². The molecule has 0 aliphatic carbocycles. The highest BCUT2D eigenvalue weighted by atomic mass is 19.1. The summed E-state index contributed by atoms with van der Waals surface area (Å²) in [6, 6.07) is 3.85. The lowest BCUT2D eigenvalue weighted by Gasteiger charge is -2.30. The van der Waals surface area contributed by atoms with Crippen LogP contribution >= 0.6 is 0 Å². The SMILES string of the molecule is COc1ccc(C(=O)N2C[C@H]3COC[C@@H]2CN(CC(=O)O)C3)c(F)c1. The first kappa shape index (κ1) is 17.6. The fourth-order valence-corrected chi connectivity index (χ4v) is 3.46. The summed E-state index contributed by atoms with van der Waals surface area (Å²) in [4.78, 5) is 27.4. The molecular weight excluding hydrogens is 331 g/mol. The average molecular weight is 352 g/mol. The van der Waals surface area contributed by atoms with Crippen LogP contribution in [0, 0.1) is 11.7 Å². The van der Waals surface area contributed by atoms with Crippen molar-refractivity contribution in [3.8, 4) is 5.75 Å². The topological polar surface area (TPSA) is 79.3 Å². The summed E-state index contributed by atoms with van der Waals surface area (Å²) < 4.78 is 24.9. The monoisotopic (exact) mass is 352 g/mol. The number of carbonyl (C=O) groups is 2. The number of methoxy groups -OCH3 is 1. The largest absolute Gasteiger partial charge is 0.497 e. The van der Waals surface area contributed by atoms with Gasteiger partial charge in [0.05, 0.1) is 38.5 Å². The normalized spacial score (nSPS) is 23.8. The van der Waals surface area contributed by atoms with E-state index in [4.69, 9.17) is 14.6 Å². The summed E-state index contributed by atoms with van der Waals surface area (Å²) in [5.74, 6) is -1.60. The van der Waals surface area contributed by atoms with Gasteiger partial charge in [-0.25, -0.2) is 4.39 Å². The average Bonchev–Trinajstić information content (AvgIpc) is 2.84. The van der Waals surface area contributed by atoms with Gasteiger partial charge in [0.1, 0.15) is 11.6 Å². The third-order valence-corrected chi connectivity index (χ3v) is 4.57. The number of aliphatic carboxylic acids is 1. The molecule has 1 aromatic rings. The van der Waals surface area contributed by atoms with Crippen LogP contribution in [-0.2, 0) is 9.53 Å². The fraction of sp³-hybridized carbons (Fsp3) is 0.529. The molecule has 0 unspecified atom stereocenters. The van der Waals surface area contributed by atoms with Crippen molar-refractivity contribution in [2.45, 2.75) is 6.04 Å². The van der Waals surface area contributed by atoms with E-state index in [0.29, 0.717) is 38.6 Å². The molecule has 2 aliphatic heterocycles. The Balaban J connectivity index is 1.83. The van der Waals surface area contributed by atoms with Crippen molar-refractivity contribution in [3.63, 3.8) is 0 Å². The Kier molecular flexibility index (Phi) is 5.19. The first-order valence-corrected chi connectivity index (χ1v) is 8.14. The van der Waals surface area contributed by atoms with Gasteiger partial charge in [0.25, 0.3) is 5.91 Å². The van der Waals surface area contributed by atoms with Crippen molar-refractivity contribution in [2.75, 3.05) is 46.5 Å². The fourth-order valence-electron chi connectivity index (χ4n) is 3.46. The first-order chi connectivity index (χ1) is 12.0. The number of hydrogen-bond donors (Lipinski definition) is 1. The number of amides is 1. The Morgan fingerprint density at radius 2 is 2.12 bits per heavy atom. The van der Waals surface area contributed by atoms with E-state index in [1.807, 2.05) is 4.90 Å². The number of hydrogen-bond acceptors (Lipinski definition) is 5. The summed E-state index contributed by atoms with van der Waals surface area (Å²) in [5, 5.41) is 9.04. The van der Waals surface area contributed by atoms with Gasteiger partial charge in [-0.3, -0.25) is 14.5 Å². The molecule has 2 atom stereocenters. The lowest BCUT2D eigenvalue weighted by atomic mass is 10.1. The molecule has 2 bridgehead atoms. The van der Waals surface area contributed by atoms with E-state index in [0.717, 1.165) is 0 Å². The Hall–Kier alpha value is -2.19. The van der Waals surface area contributed by atoms with E-state index in [1.165, 1.54) is 19.2 Å². The molecule has 136 valence electrons. The lowest BCUT2D eigenvalue weighted by molar-refractivity contribution is -0.138. The van der Waals surface area contributed by atoms with Crippen LogP contribution in [0.1, 0.15) is 10.4 Å². The molecular formula is C17H21FN2O5. The zero-order chi connectivity index (χ0) is 18.0. The Bertz CT molecular complexity index is 668. The molecule has 0 aromatic heterocycles. The highest BCUT2D eigenvalue weighted by Crippen LogP contribution is 2.24. The number of halogens is 1. The van der Waals surface area contributed by atoms with E-state index in [9.17, 15) is 14.0 Å². The summed E-state index contributed by atoms with van der Waals surface area (Å²) in [6.45, 7) is 2.05. The van der Waals surface area contributed by atoms with Gasteiger partial charge in [-0.15, -0.1) is 0 Å². The molecule has 1 amide bonds. The second-order valence-corrected chi connectivity index (χ2v) is 6.45. The summed E-state index contributed by atoms with van der Waals surface area (Å²) >= 11 is 0. The van der Waals surface area contributed by atoms with Crippen LogP contribution in [0.25, 0.3) is 0 Å². The zero-order valence-corrected chi connectivity index (χ0v) is 14.0. The molecule has 2 aliphatic rings. The minimum Gasteiger partial charge on any atom is -0.497 e. The minimum atomic E-state index is -0.903. The smallest absolute Gasteiger partial charge is 0.317 e. The second-order valence-electron chi connectivity index (χ2n) is 6.45. The highest BCUT2D eigenvalue weighted by Gasteiger charge is 2.37. The molecule has 0 saturated carbocycles. The first-order valence-electron chi connectivity index (χ1n) is 8.14. The van der Waals surface area contributed by atoms with E-state index in [2.05, 4.69) is 0 Å². The van der Waals surface area contributed by atoms with Gasteiger partial charge >= 0.3 is 5.97 Å². The molecule has 1 N–H and O–H groups in total. The van der Waals surface area contributed by atoms with Crippen molar-refractivity contribution < 1.29 is 28.6 Å². The van der Waals surface area contributed by atoms with Crippen molar-refractivity contribution in [1.29, 1.82) is 0 Å². The summed E-state index contributed by atoms with van der Waals surface area (Å²) in [5.41, 5.74) is -0.0156. The molecule has 3 rings (SSSR count). The molecule has 1 aromatic carbocycles. The van der Waals surface area contributed by atoms with Gasteiger partial charge in [-0.1, -0.05) is 0 Å². The molecule has 2 saturated heterocycles. The van der Waals surface area contributed by atoms with Crippen LogP contribution in [0.4, 0.5) is 4.39 Å². The molecule has 0 spiro atoms. The molecule has 25 heavy (non-hydrogen) atoms. The highest BCUT2D eigenvalue weighted by molar-refractivity contribution is 5.95. The van der Waals surface area contributed by atoms with Crippen LogP contribution in [0.3, 0.4) is 0 Å². The van der Waals surface area contributed by atoms with Crippen LogP contribution in [0.5, 0.6) is 5.75 Å². The maximum absolute atomic E-state index is 14.3. The van der Waals surface area contributed by atoms with Crippen LogP contribution in [0.15, 0.2) is 18.2 Å². The number of benzene rings is 1. The Morgan fingerprint density at radius 3 is 2.80 bits per heavy atom. The van der Waals surface area contributed by atoms with E-state index >= 15 is 0 Å². The molecule has 2 fully saturated rings. The summed E-state index contributed by atoms with van der Waals surface area (Å²) in [7, 11) is 1.43. The summed E-state index contributed by atoms with van der Waals surface area (Å²) in [6.07, 6.45) is 0. The molecule has 2 heterocycles. The lowest BCUT2D eigenvalue weighted by Crippen LogP contribution is -2.47. The van der Waals surface area contributed by atoms with E-state index in [1.54, 1.807) is 11.0 Å². The number of rotatable bonds is 4. The second kappa shape index (κ2) is 7.37. The van der Waals surface area contributed by atoms with Crippen molar-refractivity contribution in [3.05, 3.63) is 29.6 Å². The number of ether oxygens (including phenoxy) is 2. The molecule has 8 heteroatoms. The van der Waals surface area contributed by atoms with Crippen molar-refractivity contribution in [1.82, 2.24) is 9.80 Å². The van der Waals surface area contributed by atoms with Gasteiger partial charge in [-0.05, 0) is 12.1 Å². The Labute approximate surface area is 144 Å². The van der Waals surface area contributed by atoms with Gasteiger partial charge in [-0.2, -0.15) is 0 Å². The van der Waals surface area contributed by atoms with Gasteiger partial charge < -0.3 is 19.5 Å². The minimum absolute atomic E-state index is 0.00268. The maximum atomic E-state index is 14.3. The Morgan fingerprint density at radius 1 is 1.32 bits per heavy atom. The van der Waals surface area contributed by atoms with Crippen LogP contribution in [0.2, 0.25) is 0 Å².